The molecular formula is C14H10ClF3O3P+. The number of ether oxygens (including phenoxy) is 1. The number of hydrogen-bond donors (Lipinski definition) is 1. The van der Waals surface area contributed by atoms with Crippen LogP contribution in [-0.2, 0) is 17.3 Å². The molecule has 0 saturated heterocycles. The molecule has 0 aliphatic heterocycles. The van der Waals surface area contributed by atoms with Crippen molar-refractivity contribution in [2.45, 2.75) is 12.8 Å². The van der Waals surface area contributed by atoms with Gasteiger partial charge in [0.2, 0.25) is 5.30 Å². The molecule has 1 atom stereocenters. The summed E-state index contributed by atoms with van der Waals surface area (Å²) in [4.78, 5) is 9.03. The van der Waals surface area contributed by atoms with E-state index in [4.69, 9.17) is 21.2 Å². The van der Waals surface area contributed by atoms with E-state index in [0.29, 0.717) is 5.56 Å². The number of benzene rings is 2. The second-order valence-electron chi connectivity index (χ2n) is 4.37. The molecule has 2 aromatic rings. The molecule has 0 radical (unpaired) electrons. The van der Waals surface area contributed by atoms with Crippen molar-refractivity contribution < 1.29 is 27.4 Å². The molecule has 8 heteroatoms. The van der Waals surface area contributed by atoms with Gasteiger partial charge in [-0.1, -0.05) is 23.7 Å². The molecule has 0 fully saturated rings. The van der Waals surface area contributed by atoms with Crippen LogP contribution < -0.4 is 10.0 Å². The van der Waals surface area contributed by atoms with Crippen LogP contribution in [-0.4, -0.2) is 4.89 Å². The first-order chi connectivity index (χ1) is 10.3. The summed E-state index contributed by atoms with van der Waals surface area (Å²) in [6.07, 6.45) is -4.47. The maximum absolute atomic E-state index is 12.5. The van der Waals surface area contributed by atoms with Crippen LogP contribution in [0.5, 0.6) is 5.75 Å². The smallest absolute Gasteiger partial charge is 0.487 e. The van der Waals surface area contributed by atoms with Crippen LogP contribution in [0.4, 0.5) is 13.2 Å². The zero-order valence-electron chi connectivity index (χ0n) is 11.0. The number of hydrogen-bond acceptors (Lipinski definition) is 2. The van der Waals surface area contributed by atoms with Crippen molar-refractivity contribution in [3.8, 4) is 5.75 Å². The molecule has 22 heavy (non-hydrogen) atoms. The third-order valence-corrected chi connectivity index (χ3v) is 3.80. The second kappa shape index (κ2) is 6.65. The van der Waals surface area contributed by atoms with E-state index in [1.54, 1.807) is 12.1 Å². The molecule has 0 saturated carbocycles. The van der Waals surface area contributed by atoms with Gasteiger partial charge in [0.25, 0.3) is 0 Å². The summed E-state index contributed by atoms with van der Waals surface area (Å²) < 4.78 is 53.9. The standard InChI is InChI=1S/C14H9ClF3O3P/c15-12-7-10(14(16,17)18)4-5-13(12)21-8-9-2-1-3-11(6-9)22(19)20/h1-7H,8H2/p+1. The molecule has 0 aliphatic rings. The maximum Gasteiger partial charge on any atom is 0.546 e. The van der Waals surface area contributed by atoms with Crippen LogP contribution >= 0.6 is 19.6 Å². The molecule has 0 heterocycles. The van der Waals surface area contributed by atoms with E-state index in [-0.39, 0.29) is 22.7 Å². The monoisotopic (exact) mass is 349 g/mol. The number of rotatable bonds is 4. The minimum absolute atomic E-state index is 0.0160. The van der Waals surface area contributed by atoms with Crippen molar-refractivity contribution in [2.75, 3.05) is 0 Å². The third-order valence-electron chi connectivity index (χ3n) is 2.78. The molecule has 116 valence electrons. The Labute approximate surface area is 130 Å². The highest BCUT2D eigenvalue weighted by Gasteiger charge is 2.31. The quantitative estimate of drug-likeness (QED) is 0.837. The molecule has 0 bridgehead atoms. The molecule has 0 amide bonds. The Balaban J connectivity index is 2.12. The van der Waals surface area contributed by atoms with Gasteiger partial charge >= 0.3 is 14.2 Å². The molecule has 1 unspecified atom stereocenters. The lowest BCUT2D eigenvalue weighted by Gasteiger charge is -2.11. The van der Waals surface area contributed by atoms with E-state index in [9.17, 15) is 17.7 Å². The normalized spacial score (nSPS) is 12.1. The Morgan fingerprint density at radius 3 is 2.50 bits per heavy atom. The summed E-state index contributed by atoms with van der Waals surface area (Å²) in [5.41, 5.74) is -0.255. The van der Waals surface area contributed by atoms with E-state index in [1.807, 2.05) is 0 Å². The fourth-order valence-electron chi connectivity index (χ4n) is 1.72. The van der Waals surface area contributed by atoms with Gasteiger partial charge in [-0.05, 0) is 34.4 Å². The Morgan fingerprint density at radius 2 is 1.91 bits per heavy atom. The van der Waals surface area contributed by atoms with Gasteiger partial charge in [0, 0.05) is 6.07 Å². The minimum Gasteiger partial charge on any atom is -0.487 e. The first-order valence-corrected chi connectivity index (χ1v) is 7.61. The van der Waals surface area contributed by atoms with Crippen LogP contribution in [0, 0.1) is 0 Å². The summed E-state index contributed by atoms with van der Waals surface area (Å²) >= 11 is 5.77. The highest BCUT2D eigenvalue weighted by molar-refractivity contribution is 7.47. The van der Waals surface area contributed by atoms with E-state index in [0.717, 1.165) is 18.2 Å². The lowest BCUT2D eigenvalue weighted by molar-refractivity contribution is -0.137. The molecule has 1 N–H and O–H groups in total. The van der Waals surface area contributed by atoms with Crippen LogP contribution in [0.15, 0.2) is 42.5 Å². The van der Waals surface area contributed by atoms with Gasteiger partial charge < -0.3 is 4.74 Å². The molecule has 0 aliphatic carbocycles. The predicted octanol–water partition coefficient (Wildman–Crippen LogP) is 4.30. The zero-order chi connectivity index (χ0) is 16.3. The topological polar surface area (TPSA) is 46.5 Å². The highest BCUT2D eigenvalue weighted by atomic mass is 35.5. The van der Waals surface area contributed by atoms with Crippen molar-refractivity contribution in [1.29, 1.82) is 0 Å². The maximum atomic E-state index is 12.5. The van der Waals surface area contributed by atoms with Crippen LogP contribution in [0.1, 0.15) is 11.1 Å². The molecule has 0 aromatic heterocycles. The zero-order valence-corrected chi connectivity index (χ0v) is 12.6. The van der Waals surface area contributed by atoms with Gasteiger partial charge in [0.1, 0.15) is 12.4 Å². The van der Waals surface area contributed by atoms with E-state index in [2.05, 4.69) is 0 Å². The van der Waals surface area contributed by atoms with Gasteiger partial charge in [-0.25, -0.2) is 0 Å². The summed E-state index contributed by atoms with van der Waals surface area (Å²) in [7, 11) is -2.46. The minimum atomic E-state index is -4.47. The Morgan fingerprint density at radius 1 is 1.18 bits per heavy atom. The van der Waals surface area contributed by atoms with Gasteiger partial charge in [0.15, 0.2) is 0 Å². The van der Waals surface area contributed by atoms with Gasteiger partial charge in [0.05, 0.1) is 10.6 Å². The fourth-order valence-corrected chi connectivity index (χ4v) is 2.45. The summed E-state index contributed by atoms with van der Waals surface area (Å²) in [5.74, 6) is 0.105. The number of halogens is 4. The highest BCUT2D eigenvalue weighted by Crippen LogP contribution is 2.34. The average Bonchev–Trinajstić information content (AvgIpc) is 2.45. The third kappa shape index (κ3) is 4.19. The molecule has 0 spiro atoms. The first-order valence-electron chi connectivity index (χ1n) is 6.02. The lowest BCUT2D eigenvalue weighted by Crippen LogP contribution is -2.05. The van der Waals surface area contributed by atoms with Crippen molar-refractivity contribution in [1.82, 2.24) is 0 Å². The SMILES string of the molecule is O=[P+](O)c1cccc(COc2ccc(C(F)(F)F)cc2Cl)c1. The van der Waals surface area contributed by atoms with Crippen molar-refractivity contribution in [2.24, 2.45) is 0 Å². The van der Waals surface area contributed by atoms with Gasteiger partial charge in [-0.15, -0.1) is 0 Å². The average molecular weight is 350 g/mol. The summed E-state index contributed by atoms with van der Waals surface area (Å²) in [5, 5.41) is 0.0915. The molecule has 2 aromatic carbocycles. The molecule has 2 rings (SSSR count). The van der Waals surface area contributed by atoms with E-state index < -0.39 is 19.8 Å². The van der Waals surface area contributed by atoms with Crippen molar-refractivity contribution in [3.63, 3.8) is 0 Å². The predicted molar refractivity (Wildman–Crippen MR) is 76.7 cm³/mol. The van der Waals surface area contributed by atoms with Crippen LogP contribution in [0.3, 0.4) is 0 Å². The number of alkyl halides is 3. The van der Waals surface area contributed by atoms with E-state index in [1.165, 1.54) is 12.1 Å². The van der Waals surface area contributed by atoms with Gasteiger partial charge in [-0.2, -0.15) is 18.1 Å². The first kappa shape index (κ1) is 16.7. The largest absolute Gasteiger partial charge is 0.546 e. The summed E-state index contributed by atoms with van der Waals surface area (Å²) in [6, 6.07) is 9.04. The van der Waals surface area contributed by atoms with Crippen molar-refractivity contribution >= 4 is 24.9 Å². The Hall–Kier alpha value is -1.62. The van der Waals surface area contributed by atoms with Crippen LogP contribution in [0.25, 0.3) is 0 Å². The molecular weight excluding hydrogens is 340 g/mol. The molecule has 3 nitrogen and oxygen atoms in total. The Bertz CT molecular complexity index is 704. The van der Waals surface area contributed by atoms with Crippen molar-refractivity contribution in [3.05, 3.63) is 58.6 Å². The van der Waals surface area contributed by atoms with E-state index >= 15 is 0 Å². The second-order valence-corrected chi connectivity index (χ2v) is 5.84. The van der Waals surface area contributed by atoms with Gasteiger partial charge in [-0.3, -0.25) is 0 Å². The lowest BCUT2D eigenvalue weighted by atomic mass is 10.2. The van der Waals surface area contributed by atoms with Crippen LogP contribution in [0.2, 0.25) is 5.02 Å². The Kier molecular flexibility index (Phi) is 5.06. The fraction of sp³-hybridized carbons (Fsp3) is 0.143. The summed E-state index contributed by atoms with van der Waals surface area (Å²) in [6.45, 7) is 0.0160.